The number of aryl methyl sites for hydroxylation is 1. The molecule has 0 amide bonds. The summed E-state index contributed by atoms with van der Waals surface area (Å²) in [4.78, 5) is 0. The topological polar surface area (TPSA) is 24.1 Å². The van der Waals surface area contributed by atoms with Crippen LogP contribution in [0.2, 0.25) is 0 Å². The summed E-state index contributed by atoms with van der Waals surface area (Å²) >= 11 is 0. The van der Waals surface area contributed by atoms with Crippen molar-refractivity contribution in [1.29, 1.82) is 0 Å². The van der Waals surface area contributed by atoms with Crippen LogP contribution in [-0.2, 0) is 18.4 Å². The molecule has 0 fully saturated rings. The Labute approximate surface area is 317 Å². The van der Waals surface area contributed by atoms with Crippen molar-refractivity contribution in [3.63, 3.8) is 0 Å². The number of rotatable bonds is 14. The lowest BCUT2D eigenvalue weighted by molar-refractivity contribution is 0.349. The van der Waals surface area contributed by atoms with E-state index in [1.165, 1.54) is 68.6 Å². The molecular weight excluding hydrogens is 629 g/mol. The lowest BCUT2D eigenvalue weighted by Gasteiger charge is -2.36. The lowest BCUT2D eigenvalue weighted by atomic mass is 9.80. The average Bonchev–Trinajstić information content (AvgIpc) is 3.20. The minimum absolute atomic E-state index is 0.186. The fourth-order valence-corrected chi connectivity index (χ4v) is 6.46. The van der Waals surface area contributed by atoms with Gasteiger partial charge in [0.1, 0.15) is 0 Å². The van der Waals surface area contributed by atoms with E-state index in [1.54, 1.807) is 0 Å². The molecule has 0 aliphatic carbocycles. The van der Waals surface area contributed by atoms with Crippen LogP contribution in [0, 0.1) is 12.8 Å². The van der Waals surface area contributed by atoms with E-state index < -0.39 is 0 Å². The summed E-state index contributed by atoms with van der Waals surface area (Å²) in [6.45, 7) is 20.5. The van der Waals surface area contributed by atoms with Gasteiger partial charge in [-0.25, -0.2) is 0 Å². The molecule has 1 aliphatic rings. The SMILES string of the molecule is CC.CCC(CC)(N/C=C\C=C/Cc1cc(-c2ccc(CC(C)C)cc2)ccc1C)c1ccc(-c2ccccc2)cc1C1=CC=CCN1.CCCC. The first-order valence-corrected chi connectivity index (χ1v) is 19.9. The maximum absolute atomic E-state index is 3.84. The second kappa shape index (κ2) is 22.4. The third-order valence-electron chi connectivity index (χ3n) is 9.77. The Morgan fingerprint density at radius 1 is 0.750 bits per heavy atom. The monoisotopic (exact) mass is 695 g/mol. The van der Waals surface area contributed by atoms with Gasteiger partial charge in [-0.1, -0.05) is 177 Å². The molecule has 0 spiro atoms. The van der Waals surface area contributed by atoms with Crippen molar-refractivity contribution < 1.29 is 0 Å². The fraction of sp³-hybridized carbons (Fsp3) is 0.360. The molecule has 2 N–H and O–H groups in total. The van der Waals surface area contributed by atoms with Crippen molar-refractivity contribution in [2.24, 2.45) is 5.92 Å². The predicted molar refractivity (Wildman–Crippen MR) is 231 cm³/mol. The van der Waals surface area contributed by atoms with E-state index in [0.717, 1.165) is 32.2 Å². The van der Waals surface area contributed by atoms with Gasteiger partial charge in [0, 0.05) is 17.8 Å². The first-order valence-electron chi connectivity index (χ1n) is 19.9. The van der Waals surface area contributed by atoms with Crippen molar-refractivity contribution in [1.82, 2.24) is 10.6 Å². The van der Waals surface area contributed by atoms with E-state index in [2.05, 4.69) is 193 Å². The van der Waals surface area contributed by atoms with Gasteiger partial charge in [-0.3, -0.25) is 0 Å². The van der Waals surface area contributed by atoms with Gasteiger partial charge in [0.25, 0.3) is 0 Å². The summed E-state index contributed by atoms with van der Waals surface area (Å²) in [7, 11) is 0. The summed E-state index contributed by atoms with van der Waals surface area (Å²) in [5, 5.41) is 7.46. The molecule has 1 aliphatic heterocycles. The summed E-state index contributed by atoms with van der Waals surface area (Å²) in [5.74, 6) is 0.673. The summed E-state index contributed by atoms with van der Waals surface area (Å²) in [6, 6.07) is 33.5. The standard InChI is InChI=1S/C44H50N2.C4H10.C2H6/c1-6-44(7-2,42-27-26-40(36-16-10-8-11-17-36)32-41(42)43-19-13-15-28-45-43)46-29-14-9-12-18-38-31-39(23-20-34(38)5)37-24-21-35(22-25-37)30-33(3)4;1-3-4-2;1-2/h8-17,19-27,29,31-33,45-46H,6-7,18,28,30H2,1-5H3;3-4H2,1-2H3;1-2H3/b12-9-,29-14-;;. The first-order chi connectivity index (χ1) is 25.3. The highest BCUT2D eigenvalue weighted by molar-refractivity contribution is 5.76. The molecule has 4 aromatic carbocycles. The maximum Gasteiger partial charge on any atom is 0.0621 e. The van der Waals surface area contributed by atoms with E-state index in [0.29, 0.717) is 5.92 Å². The highest BCUT2D eigenvalue weighted by Crippen LogP contribution is 2.37. The van der Waals surface area contributed by atoms with E-state index in [9.17, 15) is 0 Å². The van der Waals surface area contributed by atoms with Gasteiger partial charge >= 0.3 is 0 Å². The zero-order valence-corrected chi connectivity index (χ0v) is 33.7. The van der Waals surface area contributed by atoms with Gasteiger partial charge in [-0.2, -0.15) is 0 Å². The van der Waals surface area contributed by atoms with Crippen LogP contribution in [0.15, 0.2) is 134 Å². The van der Waals surface area contributed by atoms with Crippen molar-refractivity contribution in [3.8, 4) is 22.3 Å². The third kappa shape index (κ3) is 12.0. The summed E-state index contributed by atoms with van der Waals surface area (Å²) in [6.07, 6.45) is 21.8. The lowest BCUT2D eigenvalue weighted by Crippen LogP contribution is -2.39. The van der Waals surface area contributed by atoms with Crippen LogP contribution in [0.1, 0.15) is 109 Å². The van der Waals surface area contributed by atoms with Crippen LogP contribution in [0.4, 0.5) is 0 Å². The van der Waals surface area contributed by atoms with E-state index in [1.807, 2.05) is 13.8 Å². The molecule has 2 heteroatoms. The molecule has 276 valence electrons. The molecule has 0 saturated carbocycles. The molecule has 0 bridgehead atoms. The number of benzene rings is 4. The van der Waals surface area contributed by atoms with Crippen molar-refractivity contribution >= 4 is 5.70 Å². The van der Waals surface area contributed by atoms with Gasteiger partial charge in [0.2, 0.25) is 0 Å². The Hall–Kier alpha value is -4.56. The number of allylic oxidation sites excluding steroid dienone is 5. The number of hydrogen-bond acceptors (Lipinski definition) is 2. The van der Waals surface area contributed by atoms with Gasteiger partial charge in [-0.05, 0) is 107 Å². The molecule has 0 unspecified atom stereocenters. The van der Waals surface area contributed by atoms with Gasteiger partial charge in [0.05, 0.1) is 5.54 Å². The molecule has 2 nitrogen and oxygen atoms in total. The Balaban J connectivity index is 0.00000114. The van der Waals surface area contributed by atoms with Crippen LogP contribution >= 0.6 is 0 Å². The maximum atomic E-state index is 3.84. The third-order valence-corrected chi connectivity index (χ3v) is 9.77. The smallest absolute Gasteiger partial charge is 0.0621 e. The van der Waals surface area contributed by atoms with Crippen LogP contribution in [-0.4, -0.2) is 6.54 Å². The van der Waals surface area contributed by atoms with Crippen LogP contribution in [0.25, 0.3) is 28.0 Å². The molecule has 52 heavy (non-hydrogen) atoms. The highest BCUT2D eigenvalue weighted by atomic mass is 15.0. The molecule has 0 aromatic heterocycles. The fourth-order valence-electron chi connectivity index (χ4n) is 6.46. The van der Waals surface area contributed by atoms with E-state index in [-0.39, 0.29) is 5.54 Å². The zero-order valence-electron chi connectivity index (χ0n) is 33.7. The number of hydrogen-bond donors (Lipinski definition) is 2. The molecule has 5 rings (SSSR count). The van der Waals surface area contributed by atoms with Crippen LogP contribution in [0.3, 0.4) is 0 Å². The molecule has 0 atom stereocenters. The van der Waals surface area contributed by atoms with E-state index >= 15 is 0 Å². The molecule has 1 heterocycles. The number of nitrogens with one attached hydrogen (secondary N) is 2. The molecule has 4 aromatic rings. The van der Waals surface area contributed by atoms with Crippen molar-refractivity contribution in [2.45, 2.75) is 106 Å². The number of unbranched alkanes of at least 4 members (excludes halogenated alkanes) is 1. The largest absolute Gasteiger partial charge is 0.381 e. The van der Waals surface area contributed by atoms with Gasteiger partial charge < -0.3 is 10.6 Å². The Bertz CT molecular complexity index is 1730. The molecule has 0 saturated heterocycles. The Morgan fingerprint density at radius 2 is 1.38 bits per heavy atom. The Morgan fingerprint density at radius 3 is 2.00 bits per heavy atom. The average molecular weight is 695 g/mol. The van der Waals surface area contributed by atoms with E-state index in [4.69, 9.17) is 0 Å². The van der Waals surface area contributed by atoms with Crippen LogP contribution < -0.4 is 10.6 Å². The second-order valence-electron chi connectivity index (χ2n) is 13.9. The summed E-state index contributed by atoms with van der Waals surface area (Å²) in [5.41, 5.74) is 12.7. The van der Waals surface area contributed by atoms with Gasteiger partial charge in [0.15, 0.2) is 0 Å². The first kappa shape index (κ1) is 41.9. The zero-order chi connectivity index (χ0) is 37.8. The highest BCUT2D eigenvalue weighted by Gasteiger charge is 2.30. The minimum atomic E-state index is -0.186. The molecular formula is C50H66N2. The number of dihydropyridines is 1. The van der Waals surface area contributed by atoms with Crippen molar-refractivity contribution in [3.05, 3.63) is 161 Å². The quantitative estimate of drug-likeness (QED) is 0.128. The molecule has 0 radical (unpaired) electrons. The minimum Gasteiger partial charge on any atom is -0.381 e. The second-order valence-corrected chi connectivity index (χ2v) is 13.9. The van der Waals surface area contributed by atoms with Gasteiger partial charge in [-0.15, -0.1) is 0 Å². The van der Waals surface area contributed by atoms with Crippen LogP contribution in [0.5, 0.6) is 0 Å². The summed E-state index contributed by atoms with van der Waals surface area (Å²) < 4.78 is 0. The Kier molecular flexibility index (Phi) is 18.0. The normalized spacial score (nSPS) is 12.5. The predicted octanol–water partition coefficient (Wildman–Crippen LogP) is 13.8. The van der Waals surface area contributed by atoms with Crippen molar-refractivity contribution in [2.75, 3.05) is 6.54 Å².